The molecule has 0 aromatic heterocycles. The van der Waals surface area contributed by atoms with E-state index in [1.165, 1.54) is 0 Å². The number of aliphatic hydroxyl groups is 5. The van der Waals surface area contributed by atoms with Gasteiger partial charge >= 0.3 is 19.8 Å². The van der Waals surface area contributed by atoms with Gasteiger partial charge in [-0.2, -0.15) is 0 Å². The zero-order chi connectivity index (χ0) is 38.6. The van der Waals surface area contributed by atoms with E-state index in [9.17, 15) is 44.6 Å². The molecule has 0 aromatic carbocycles. The number of aliphatic hydroxyl groups excluding tert-OH is 5. The Morgan fingerprint density at radius 1 is 0.615 bits per heavy atom. The molecule has 0 amide bonds. The lowest BCUT2D eigenvalue weighted by molar-refractivity contribution is -0.220. The maximum absolute atomic E-state index is 12.7. The van der Waals surface area contributed by atoms with E-state index in [0.717, 1.165) is 64.2 Å². The van der Waals surface area contributed by atoms with Crippen LogP contribution in [0.5, 0.6) is 0 Å². The van der Waals surface area contributed by atoms with Gasteiger partial charge in [-0.3, -0.25) is 18.6 Å². The minimum atomic E-state index is -5.13. The summed E-state index contributed by atoms with van der Waals surface area (Å²) in [6.07, 6.45) is 19.0. The summed E-state index contributed by atoms with van der Waals surface area (Å²) in [4.78, 5) is 35.3. The van der Waals surface area contributed by atoms with E-state index in [0.29, 0.717) is 19.3 Å². The molecule has 0 spiro atoms. The van der Waals surface area contributed by atoms with E-state index in [1.807, 2.05) is 24.3 Å². The van der Waals surface area contributed by atoms with Crippen molar-refractivity contribution in [3.8, 4) is 0 Å². The Kier molecular flexibility index (Phi) is 26.5. The fourth-order valence-electron chi connectivity index (χ4n) is 5.07. The SMILES string of the molecule is CC/C=C\C/C=C\C/C=C\C/C=C\CCC(=O)OC(COC(=O)CCCCCCC/C=C\CCC)COP(=O)(O)OC1C(O)C(O)C(O)C(O)C1O. The second-order valence-electron chi connectivity index (χ2n) is 12.7. The van der Waals surface area contributed by atoms with Gasteiger partial charge in [0.25, 0.3) is 0 Å². The molecule has 0 bridgehead atoms. The summed E-state index contributed by atoms with van der Waals surface area (Å²) in [6, 6.07) is 0. The average Bonchev–Trinajstić information content (AvgIpc) is 3.12. The van der Waals surface area contributed by atoms with Crippen LogP contribution >= 0.6 is 7.82 Å². The summed E-state index contributed by atoms with van der Waals surface area (Å²) in [5, 5.41) is 49.8. The summed E-state index contributed by atoms with van der Waals surface area (Å²) in [5.41, 5.74) is 0. The molecule has 0 aromatic rings. The molecule has 6 N–H and O–H groups in total. The minimum Gasteiger partial charge on any atom is -0.462 e. The van der Waals surface area contributed by atoms with Crippen molar-refractivity contribution in [1.29, 1.82) is 0 Å². The highest BCUT2D eigenvalue weighted by atomic mass is 31.2. The monoisotopic (exact) mass is 758 g/mol. The van der Waals surface area contributed by atoms with Crippen molar-refractivity contribution in [3.63, 3.8) is 0 Å². The number of phosphoric acid groups is 1. The molecular weight excluding hydrogens is 695 g/mol. The van der Waals surface area contributed by atoms with Crippen LogP contribution in [-0.2, 0) is 32.7 Å². The number of phosphoric ester groups is 1. The third-order valence-corrected chi connectivity index (χ3v) is 9.07. The van der Waals surface area contributed by atoms with Crippen LogP contribution in [0.3, 0.4) is 0 Å². The summed E-state index contributed by atoms with van der Waals surface area (Å²) in [6.45, 7) is 2.99. The van der Waals surface area contributed by atoms with E-state index in [2.05, 4.69) is 50.3 Å². The van der Waals surface area contributed by atoms with Crippen LogP contribution in [0.1, 0.15) is 110 Å². The Morgan fingerprint density at radius 2 is 1.13 bits per heavy atom. The Labute approximate surface area is 309 Å². The summed E-state index contributed by atoms with van der Waals surface area (Å²) in [7, 11) is -5.13. The van der Waals surface area contributed by atoms with Crippen LogP contribution in [-0.4, -0.2) is 98.3 Å². The van der Waals surface area contributed by atoms with Crippen LogP contribution in [0, 0.1) is 0 Å². The van der Waals surface area contributed by atoms with Gasteiger partial charge in [-0.1, -0.05) is 100 Å². The average molecular weight is 759 g/mol. The number of allylic oxidation sites excluding steroid dienone is 10. The molecule has 6 atom stereocenters. The fraction of sp³-hybridized carbons (Fsp3) is 0.684. The zero-order valence-corrected chi connectivity index (χ0v) is 31.7. The zero-order valence-electron chi connectivity index (χ0n) is 30.8. The number of hydrogen-bond acceptors (Lipinski definition) is 12. The number of carbonyl (C=O) groups excluding carboxylic acids is 2. The maximum Gasteiger partial charge on any atom is 0.472 e. The molecule has 52 heavy (non-hydrogen) atoms. The van der Waals surface area contributed by atoms with Crippen molar-refractivity contribution in [2.75, 3.05) is 13.2 Å². The molecule has 0 heterocycles. The van der Waals surface area contributed by atoms with E-state index in [-0.39, 0.29) is 12.8 Å². The van der Waals surface area contributed by atoms with Crippen molar-refractivity contribution in [2.45, 2.75) is 153 Å². The summed E-state index contributed by atoms with van der Waals surface area (Å²) >= 11 is 0. The third-order valence-electron chi connectivity index (χ3n) is 8.09. The van der Waals surface area contributed by atoms with E-state index in [1.54, 1.807) is 0 Å². The van der Waals surface area contributed by atoms with Gasteiger partial charge in [0.15, 0.2) is 6.10 Å². The quantitative estimate of drug-likeness (QED) is 0.0255. The van der Waals surface area contributed by atoms with Gasteiger partial charge in [0.2, 0.25) is 0 Å². The topological polar surface area (TPSA) is 210 Å². The normalized spacial score (nSPS) is 24.4. The number of ether oxygens (including phenoxy) is 2. The van der Waals surface area contributed by atoms with E-state index >= 15 is 0 Å². The first-order valence-electron chi connectivity index (χ1n) is 18.6. The lowest BCUT2D eigenvalue weighted by Crippen LogP contribution is -2.64. The van der Waals surface area contributed by atoms with Gasteiger partial charge in [0.05, 0.1) is 6.61 Å². The lowest BCUT2D eigenvalue weighted by Gasteiger charge is -2.41. The van der Waals surface area contributed by atoms with Gasteiger partial charge in [-0.15, -0.1) is 0 Å². The summed E-state index contributed by atoms with van der Waals surface area (Å²) in [5.74, 6) is -1.22. The fourth-order valence-corrected chi connectivity index (χ4v) is 6.04. The van der Waals surface area contributed by atoms with Crippen LogP contribution in [0.2, 0.25) is 0 Å². The van der Waals surface area contributed by atoms with Crippen LogP contribution in [0.25, 0.3) is 0 Å². The van der Waals surface area contributed by atoms with Gasteiger partial charge < -0.3 is 39.9 Å². The Balaban J connectivity index is 2.63. The molecule has 14 heteroatoms. The standard InChI is InChI=1S/C38H63O13P/c1-3-5-7-9-11-13-15-16-17-19-21-23-25-27-32(40)50-30(28-48-31(39)26-24-22-20-18-14-12-10-8-6-4-2)29-49-52(46,47)51-38-36(44)34(42)33(41)35(43)37(38)45/h5,7-8,10-11,13,16-17,21,23,30,33-38,41-45H,3-4,6,9,12,14-15,18-20,22,24-29H2,1-2H3,(H,46,47)/b7-5-,10-8-,13-11-,17-16-,23-21-. The number of esters is 2. The van der Waals surface area contributed by atoms with Crippen LogP contribution in [0.4, 0.5) is 0 Å². The highest BCUT2D eigenvalue weighted by Crippen LogP contribution is 2.47. The number of rotatable bonds is 28. The molecule has 298 valence electrons. The second kappa shape index (κ2) is 29.0. The van der Waals surface area contributed by atoms with Crippen molar-refractivity contribution in [2.24, 2.45) is 0 Å². The Hall–Kier alpha value is -2.45. The molecule has 0 saturated heterocycles. The smallest absolute Gasteiger partial charge is 0.462 e. The van der Waals surface area contributed by atoms with Crippen LogP contribution < -0.4 is 0 Å². The molecular formula is C38H63O13P. The highest BCUT2D eigenvalue weighted by molar-refractivity contribution is 7.47. The van der Waals surface area contributed by atoms with Crippen molar-refractivity contribution < 1.29 is 63.1 Å². The second-order valence-corrected chi connectivity index (χ2v) is 14.1. The largest absolute Gasteiger partial charge is 0.472 e. The van der Waals surface area contributed by atoms with Gasteiger partial charge in [-0.05, 0) is 57.8 Å². The molecule has 1 aliphatic rings. The molecule has 0 aliphatic heterocycles. The Morgan fingerprint density at radius 3 is 1.75 bits per heavy atom. The number of unbranched alkanes of at least 4 members (excludes halogenated alkanes) is 6. The first kappa shape index (κ1) is 47.6. The predicted octanol–water partition coefficient (Wildman–Crippen LogP) is 5.43. The number of carbonyl (C=O) groups is 2. The molecule has 1 fully saturated rings. The third kappa shape index (κ3) is 21.9. The lowest BCUT2D eigenvalue weighted by atomic mass is 9.85. The first-order valence-corrected chi connectivity index (χ1v) is 20.1. The van der Waals surface area contributed by atoms with Crippen molar-refractivity contribution in [3.05, 3.63) is 60.8 Å². The van der Waals surface area contributed by atoms with E-state index in [4.69, 9.17) is 18.5 Å². The first-order chi connectivity index (χ1) is 24.9. The molecule has 13 nitrogen and oxygen atoms in total. The predicted molar refractivity (Wildman–Crippen MR) is 198 cm³/mol. The van der Waals surface area contributed by atoms with Crippen molar-refractivity contribution >= 4 is 19.8 Å². The Bertz CT molecular complexity index is 1150. The molecule has 6 unspecified atom stereocenters. The molecule has 0 radical (unpaired) electrons. The number of hydrogen-bond donors (Lipinski definition) is 6. The highest BCUT2D eigenvalue weighted by Gasteiger charge is 2.51. The van der Waals surface area contributed by atoms with Gasteiger partial charge in [-0.25, -0.2) is 4.57 Å². The van der Waals surface area contributed by atoms with Gasteiger partial charge in [0, 0.05) is 12.8 Å². The molecule has 1 saturated carbocycles. The van der Waals surface area contributed by atoms with Crippen molar-refractivity contribution in [1.82, 2.24) is 0 Å². The minimum absolute atomic E-state index is 0.0288. The van der Waals surface area contributed by atoms with Crippen LogP contribution in [0.15, 0.2) is 60.8 Å². The summed E-state index contributed by atoms with van der Waals surface area (Å²) < 4.78 is 33.1. The van der Waals surface area contributed by atoms with E-state index < -0.39 is 75.7 Å². The van der Waals surface area contributed by atoms with Gasteiger partial charge in [0.1, 0.15) is 43.2 Å². The molecule has 1 aliphatic carbocycles. The molecule has 1 rings (SSSR count). The maximum atomic E-state index is 12.7.